The first-order valence-corrected chi connectivity index (χ1v) is 10.8. The number of imidazole rings is 1. The molecule has 6 rings (SSSR count). The molecule has 1 fully saturated rings. The Bertz CT molecular complexity index is 1230. The van der Waals surface area contributed by atoms with Crippen molar-refractivity contribution in [2.45, 2.75) is 25.2 Å². The van der Waals surface area contributed by atoms with Gasteiger partial charge in [-0.3, -0.25) is 9.89 Å². The van der Waals surface area contributed by atoms with Crippen LogP contribution in [0.1, 0.15) is 40.6 Å². The third kappa shape index (κ3) is 3.26. The summed E-state index contributed by atoms with van der Waals surface area (Å²) in [5, 5.41) is 7.33. The number of piperidine rings is 1. The molecule has 7 heteroatoms. The number of amides is 1. The van der Waals surface area contributed by atoms with Crippen molar-refractivity contribution in [2.24, 2.45) is 0 Å². The van der Waals surface area contributed by atoms with E-state index in [1.807, 2.05) is 47.4 Å². The van der Waals surface area contributed by atoms with Gasteiger partial charge in [-0.1, -0.05) is 12.1 Å². The summed E-state index contributed by atoms with van der Waals surface area (Å²) in [5.41, 5.74) is 5.59. The van der Waals surface area contributed by atoms with Gasteiger partial charge in [-0.05, 0) is 54.8 Å². The van der Waals surface area contributed by atoms with Crippen LogP contribution in [-0.2, 0) is 6.42 Å². The number of hydrogen-bond donors (Lipinski definition) is 2. The average Bonchev–Trinajstić information content (AvgIpc) is 3.57. The van der Waals surface area contributed by atoms with Gasteiger partial charge in [-0.2, -0.15) is 5.10 Å². The van der Waals surface area contributed by atoms with Crippen LogP contribution in [-0.4, -0.2) is 50.7 Å². The topological polar surface area (TPSA) is 86.9 Å². The Morgan fingerprint density at radius 1 is 1.10 bits per heavy atom. The Morgan fingerprint density at radius 2 is 1.97 bits per heavy atom. The third-order valence-electron chi connectivity index (χ3n) is 6.37. The van der Waals surface area contributed by atoms with E-state index in [1.165, 1.54) is 5.56 Å². The summed E-state index contributed by atoms with van der Waals surface area (Å²) >= 11 is 0. The molecule has 2 aliphatic rings. The standard InChI is InChI=1S/C24H23N5O2/c30-24(21-14-20(27-28-21)16-5-6-22-17(13-16)9-12-31-22)29-10-7-15(8-11-29)23-25-18-3-1-2-4-19(18)26-23/h1-6,13-15H,7-12H2,(H,25,26)(H,27,28). The van der Waals surface area contributed by atoms with Crippen LogP contribution in [0.25, 0.3) is 22.3 Å². The largest absolute Gasteiger partial charge is 0.493 e. The SMILES string of the molecule is O=C(c1cc(-c2ccc3c(c2)CCO3)n[nH]1)N1CCC(c2nc3ccccc3[nH]2)CC1. The molecule has 156 valence electrons. The molecule has 0 bridgehead atoms. The summed E-state index contributed by atoms with van der Waals surface area (Å²) in [6, 6.07) is 16.0. The number of likely N-dealkylation sites (tertiary alicyclic amines) is 1. The molecule has 2 aliphatic heterocycles. The number of carbonyl (C=O) groups excluding carboxylic acids is 1. The molecule has 0 radical (unpaired) electrons. The summed E-state index contributed by atoms with van der Waals surface area (Å²) in [6.45, 7) is 2.16. The monoisotopic (exact) mass is 413 g/mol. The van der Waals surface area contributed by atoms with Crippen molar-refractivity contribution in [2.75, 3.05) is 19.7 Å². The highest BCUT2D eigenvalue weighted by atomic mass is 16.5. The molecule has 1 saturated heterocycles. The molecule has 0 aliphatic carbocycles. The fourth-order valence-corrected chi connectivity index (χ4v) is 4.62. The zero-order valence-corrected chi connectivity index (χ0v) is 17.1. The van der Waals surface area contributed by atoms with E-state index in [0.29, 0.717) is 24.7 Å². The first-order chi connectivity index (χ1) is 15.2. The van der Waals surface area contributed by atoms with E-state index in [4.69, 9.17) is 9.72 Å². The molecule has 31 heavy (non-hydrogen) atoms. The van der Waals surface area contributed by atoms with E-state index >= 15 is 0 Å². The summed E-state index contributed by atoms with van der Waals surface area (Å²) in [4.78, 5) is 23.1. The van der Waals surface area contributed by atoms with Gasteiger partial charge in [0.05, 0.1) is 23.3 Å². The van der Waals surface area contributed by atoms with Crippen LogP contribution < -0.4 is 4.74 Å². The summed E-state index contributed by atoms with van der Waals surface area (Å²) in [6.07, 6.45) is 2.72. The number of aromatic nitrogens is 4. The molecule has 0 unspecified atom stereocenters. The van der Waals surface area contributed by atoms with Crippen molar-refractivity contribution in [1.29, 1.82) is 0 Å². The number of para-hydroxylation sites is 2. The molecule has 2 N–H and O–H groups in total. The predicted octanol–water partition coefficient (Wildman–Crippen LogP) is 3.91. The first-order valence-electron chi connectivity index (χ1n) is 10.8. The fraction of sp³-hybridized carbons (Fsp3) is 0.292. The molecule has 0 spiro atoms. The summed E-state index contributed by atoms with van der Waals surface area (Å²) in [5.74, 6) is 2.33. The number of H-pyrrole nitrogens is 2. The van der Waals surface area contributed by atoms with Crippen molar-refractivity contribution in [1.82, 2.24) is 25.1 Å². The van der Waals surface area contributed by atoms with Crippen LogP contribution in [0.5, 0.6) is 5.75 Å². The molecular weight excluding hydrogens is 390 g/mol. The molecule has 0 saturated carbocycles. The zero-order valence-electron chi connectivity index (χ0n) is 17.1. The smallest absolute Gasteiger partial charge is 0.271 e. The van der Waals surface area contributed by atoms with Crippen molar-refractivity contribution < 1.29 is 9.53 Å². The first kappa shape index (κ1) is 18.2. The minimum absolute atomic E-state index is 0.00583. The lowest BCUT2D eigenvalue weighted by atomic mass is 9.96. The van der Waals surface area contributed by atoms with E-state index in [2.05, 4.69) is 21.2 Å². The van der Waals surface area contributed by atoms with Gasteiger partial charge in [0.1, 0.15) is 17.3 Å². The lowest BCUT2D eigenvalue weighted by Gasteiger charge is -2.30. The highest BCUT2D eigenvalue weighted by molar-refractivity contribution is 5.93. The number of aromatic amines is 2. The predicted molar refractivity (Wildman–Crippen MR) is 117 cm³/mol. The van der Waals surface area contributed by atoms with Crippen molar-refractivity contribution in [3.05, 3.63) is 65.6 Å². The third-order valence-corrected chi connectivity index (χ3v) is 6.37. The van der Waals surface area contributed by atoms with Gasteiger partial charge in [-0.15, -0.1) is 0 Å². The van der Waals surface area contributed by atoms with Crippen molar-refractivity contribution in [3.63, 3.8) is 0 Å². The van der Waals surface area contributed by atoms with Crippen LogP contribution in [0, 0.1) is 0 Å². The molecule has 2 aromatic carbocycles. The highest BCUT2D eigenvalue weighted by Gasteiger charge is 2.27. The molecule has 4 heterocycles. The van der Waals surface area contributed by atoms with Gasteiger partial charge in [0, 0.05) is 31.0 Å². The quantitative estimate of drug-likeness (QED) is 0.533. The van der Waals surface area contributed by atoms with Crippen LogP contribution in [0.2, 0.25) is 0 Å². The minimum Gasteiger partial charge on any atom is -0.493 e. The normalized spacial score (nSPS) is 16.5. The van der Waals surface area contributed by atoms with Crippen LogP contribution in [0.15, 0.2) is 48.5 Å². The highest BCUT2D eigenvalue weighted by Crippen LogP contribution is 2.31. The molecular formula is C24H23N5O2. The Labute approximate surface area is 179 Å². The van der Waals surface area contributed by atoms with Gasteiger partial charge in [0.15, 0.2) is 0 Å². The summed E-state index contributed by atoms with van der Waals surface area (Å²) < 4.78 is 5.57. The average molecular weight is 413 g/mol. The maximum absolute atomic E-state index is 13.0. The number of nitrogens with one attached hydrogen (secondary N) is 2. The number of rotatable bonds is 3. The number of nitrogens with zero attached hydrogens (tertiary/aromatic N) is 3. The number of benzene rings is 2. The second kappa shape index (κ2) is 7.27. The maximum atomic E-state index is 13.0. The number of fused-ring (bicyclic) bond motifs is 2. The molecule has 7 nitrogen and oxygen atoms in total. The van der Waals surface area contributed by atoms with Crippen LogP contribution in [0.4, 0.5) is 0 Å². The lowest BCUT2D eigenvalue weighted by Crippen LogP contribution is -2.38. The number of ether oxygens (including phenoxy) is 1. The van der Waals surface area contributed by atoms with Gasteiger partial charge >= 0.3 is 0 Å². The Balaban J connectivity index is 1.14. The van der Waals surface area contributed by atoms with Crippen LogP contribution >= 0.6 is 0 Å². The van der Waals surface area contributed by atoms with Gasteiger partial charge < -0.3 is 14.6 Å². The van der Waals surface area contributed by atoms with Gasteiger partial charge in [0.2, 0.25) is 0 Å². The van der Waals surface area contributed by atoms with E-state index < -0.39 is 0 Å². The number of carbonyl (C=O) groups is 1. The lowest BCUT2D eigenvalue weighted by molar-refractivity contribution is 0.0705. The summed E-state index contributed by atoms with van der Waals surface area (Å²) in [7, 11) is 0. The van der Waals surface area contributed by atoms with E-state index in [1.54, 1.807) is 0 Å². The van der Waals surface area contributed by atoms with Crippen molar-refractivity contribution in [3.8, 4) is 17.0 Å². The van der Waals surface area contributed by atoms with E-state index in [9.17, 15) is 4.79 Å². The molecule has 2 aromatic heterocycles. The molecule has 0 atom stereocenters. The minimum atomic E-state index is 0.00583. The van der Waals surface area contributed by atoms with Gasteiger partial charge in [-0.25, -0.2) is 4.98 Å². The zero-order chi connectivity index (χ0) is 20.8. The Hall–Kier alpha value is -3.61. The van der Waals surface area contributed by atoms with E-state index in [0.717, 1.165) is 59.7 Å². The second-order valence-corrected chi connectivity index (χ2v) is 8.29. The number of hydrogen-bond acceptors (Lipinski definition) is 4. The molecule has 1 amide bonds. The Kier molecular flexibility index (Phi) is 4.26. The Morgan fingerprint density at radius 3 is 2.84 bits per heavy atom. The molecule has 4 aromatic rings. The fourth-order valence-electron chi connectivity index (χ4n) is 4.62. The van der Waals surface area contributed by atoms with Gasteiger partial charge in [0.25, 0.3) is 5.91 Å². The second-order valence-electron chi connectivity index (χ2n) is 8.29. The van der Waals surface area contributed by atoms with Crippen LogP contribution in [0.3, 0.4) is 0 Å². The maximum Gasteiger partial charge on any atom is 0.271 e. The van der Waals surface area contributed by atoms with Crippen molar-refractivity contribution >= 4 is 16.9 Å². The van der Waals surface area contributed by atoms with E-state index in [-0.39, 0.29) is 5.91 Å².